The maximum atomic E-state index is 13.0. The number of thiocarbonyl (C=S) groups is 1. The van der Waals surface area contributed by atoms with Crippen molar-refractivity contribution in [1.29, 1.82) is 0 Å². The molecule has 0 saturated carbocycles. The maximum Gasteiger partial charge on any atom is 0.253 e. The highest BCUT2D eigenvalue weighted by molar-refractivity contribution is 9.10. The molecule has 3 nitrogen and oxygen atoms in total. The average molecular weight is 289 g/mol. The number of benzene rings is 1. The first-order valence-electron chi connectivity index (χ1n) is 4.14. The van der Waals surface area contributed by atoms with Crippen LogP contribution >= 0.6 is 28.1 Å². The Morgan fingerprint density at radius 2 is 2.20 bits per heavy atom. The molecular weight excluding hydrogens is 283 g/mol. The van der Waals surface area contributed by atoms with Gasteiger partial charge in [-0.1, -0.05) is 15.9 Å². The number of hydrogen-bond donors (Lipinski definition) is 2. The number of nitrogens with one attached hydrogen (secondary N) is 2. The van der Waals surface area contributed by atoms with E-state index >= 15 is 0 Å². The first-order valence-corrected chi connectivity index (χ1v) is 5.34. The molecule has 1 aromatic carbocycles. The Morgan fingerprint density at radius 1 is 1.47 bits per heavy atom. The average Bonchev–Trinajstić information content (AvgIpc) is 2.50. The van der Waals surface area contributed by atoms with Gasteiger partial charge in [0, 0.05) is 10.0 Å². The van der Waals surface area contributed by atoms with E-state index in [1.165, 1.54) is 12.1 Å². The molecule has 1 fully saturated rings. The summed E-state index contributed by atoms with van der Waals surface area (Å²) >= 11 is 8.06. The van der Waals surface area contributed by atoms with Crippen LogP contribution in [0.4, 0.5) is 4.39 Å². The van der Waals surface area contributed by atoms with E-state index in [1.807, 2.05) is 0 Å². The topological polar surface area (TPSA) is 41.1 Å². The van der Waals surface area contributed by atoms with Gasteiger partial charge in [-0.2, -0.15) is 0 Å². The van der Waals surface area contributed by atoms with Gasteiger partial charge in [-0.05, 0) is 30.4 Å². The fourth-order valence-electron chi connectivity index (χ4n) is 1.37. The summed E-state index contributed by atoms with van der Waals surface area (Å²) < 4.78 is 13.7. The predicted molar refractivity (Wildman–Crippen MR) is 60.7 cm³/mol. The zero-order chi connectivity index (χ0) is 11.0. The van der Waals surface area contributed by atoms with Crippen molar-refractivity contribution in [3.8, 4) is 0 Å². The van der Waals surface area contributed by atoms with Gasteiger partial charge in [0.1, 0.15) is 11.9 Å². The minimum absolute atomic E-state index is 0.265. The number of carbonyl (C=O) groups is 1. The molecule has 1 atom stereocenters. The molecule has 6 heteroatoms. The number of amides is 1. The van der Waals surface area contributed by atoms with Crippen LogP contribution in [0.15, 0.2) is 22.7 Å². The Morgan fingerprint density at radius 3 is 2.80 bits per heavy atom. The molecule has 0 spiro atoms. The van der Waals surface area contributed by atoms with Gasteiger partial charge in [0.15, 0.2) is 5.11 Å². The van der Waals surface area contributed by atoms with Crippen molar-refractivity contribution in [1.82, 2.24) is 10.6 Å². The molecule has 0 bridgehead atoms. The van der Waals surface area contributed by atoms with Gasteiger partial charge in [-0.15, -0.1) is 0 Å². The first-order chi connectivity index (χ1) is 7.08. The van der Waals surface area contributed by atoms with Crippen LogP contribution in [-0.2, 0) is 4.79 Å². The highest BCUT2D eigenvalue weighted by Crippen LogP contribution is 2.26. The first kappa shape index (κ1) is 10.5. The molecule has 1 saturated heterocycles. The van der Waals surface area contributed by atoms with E-state index in [4.69, 9.17) is 12.2 Å². The number of halogens is 2. The van der Waals surface area contributed by atoms with Crippen LogP contribution in [0.3, 0.4) is 0 Å². The van der Waals surface area contributed by atoms with Gasteiger partial charge in [-0.3, -0.25) is 4.79 Å². The second-order valence-electron chi connectivity index (χ2n) is 3.06. The number of carbonyl (C=O) groups excluding carboxylic acids is 1. The molecule has 78 valence electrons. The lowest BCUT2D eigenvalue weighted by atomic mass is 10.1. The van der Waals surface area contributed by atoms with Crippen LogP contribution in [0.25, 0.3) is 0 Å². The lowest BCUT2D eigenvalue weighted by molar-refractivity contribution is -0.120. The summed E-state index contributed by atoms with van der Waals surface area (Å²) in [6.45, 7) is 0. The van der Waals surface area contributed by atoms with Crippen molar-refractivity contribution in [3.05, 3.63) is 34.1 Å². The third-order valence-corrected chi connectivity index (χ3v) is 2.99. The highest BCUT2D eigenvalue weighted by atomic mass is 79.9. The van der Waals surface area contributed by atoms with Crippen molar-refractivity contribution in [2.45, 2.75) is 6.04 Å². The SMILES string of the molecule is O=C1NC(=S)NC1c1cc(F)ccc1Br. The van der Waals surface area contributed by atoms with Crippen LogP contribution in [-0.4, -0.2) is 11.0 Å². The standard InChI is InChI=1S/C9H6BrFN2OS/c10-6-2-1-4(11)3-5(6)7-8(14)13-9(15)12-7/h1-3,7H,(H2,12,13,14,15). The van der Waals surface area contributed by atoms with Crippen LogP contribution in [0.5, 0.6) is 0 Å². The molecule has 2 rings (SSSR count). The predicted octanol–water partition coefficient (Wildman–Crippen LogP) is 1.63. The molecule has 1 aliphatic heterocycles. The van der Waals surface area contributed by atoms with Crippen LogP contribution in [0, 0.1) is 5.82 Å². The molecule has 15 heavy (non-hydrogen) atoms. The molecule has 1 heterocycles. The summed E-state index contributed by atoms with van der Waals surface area (Å²) in [4.78, 5) is 11.4. The lowest BCUT2D eigenvalue weighted by Crippen LogP contribution is -2.21. The summed E-state index contributed by atoms with van der Waals surface area (Å²) in [5.41, 5.74) is 0.535. The molecule has 0 aliphatic carbocycles. The summed E-state index contributed by atoms with van der Waals surface area (Å²) in [6.07, 6.45) is 0. The maximum absolute atomic E-state index is 13.0. The van der Waals surface area contributed by atoms with E-state index in [1.54, 1.807) is 6.07 Å². The second kappa shape index (κ2) is 3.86. The van der Waals surface area contributed by atoms with Crippen molar-refractivity contribution in [2.75, 3.05) is 0 Å². The van der Waals surface area contributed by atoms with E-state index < -0.39 is 6.04 Å². The molecule has 0 aromatic heterocycles. The Bertz CT molecular complexity index is 452. The summed E-state index contributed by atoms with van der Waals surface area (Å²) in [7, 11) is 0. The van der Waals surface area contributed by atoms with E-state index in [9.17, 15) is 9.18 Å². The lowest BCUT2D eigenvalue weighted by Gasteiger charge is -2.10. The van der Waals surface area contributed by atoms with Crippen LogP contribution in [0.2, 0.25) is 0 Å². The van der Waals surface area contributed by atoms with Crippen LogP contribution < -0.4 is 10.6 Å². The van der Waals surface area contributed by atoms with Crippen LogP contribution in [0.1, 0.15) is 11.6 Å². The van der Waals surface area contributed by atoms with Crippen molar-refractivity contribution in [2.24, 2.45) is 0 Å². The third-order valence-electron chi connectivity index (χ3n) is 2.04. The zero-order valence-corrected chi connectivity index (χ0v) is 9.78. The largest absolute Gasteiger partial charge is 0.347 e. The van der Waals surface area contributed by atoms with Gasteiger partial charge < -0.3 is 10.6 Å². The van der Waals surface area contributed by atoms with Gasteiger partial charge >= 0.3 is 0 Å². The van der Waals surface area contributed by atoms with E-state index in [0.29, 0.717) is 10.0 Å². The summed E-state index contributed by atoms with van der Waals surface area (Å²) in [5, 5.41) is 5.48. The molecule has 1 unspecified atom stereocenters. The van der Waals surface area contributed by atoms with Gasteiger partial charge in [0.25, 0.3) is 5.91 Å². The number of hydrogen-bond acceptors (Lipinski definition) is 2. The third kappa shape index (κ3) is 2.00. The molecule has 2 N–H and O–H groups in total. The molecule has 1 amide bonds. The fraction of sp³-hybridized carbons (Fsp3) is 0.111. The van der Waals surface area contributed by atoms with Crippen molar-refractivity contribution >= 4 is 39.2 Å². The van der Waals surface area contributed by atoms with Crippen molar-refractivity contribution in [3.63, 3.8) is 0 Å². The normalized spacial score (nSPS) is 20.0. The Balaban J connectivity index is 2.41. The van der Waals surface area contributed by atoms with E-state index in [2.05, 4.69) is 26.6 Å². The molecular formula is C9H6BrFN2OS. The minimum atomic E-state index is -0.623. The Kier molecular flexibility index (Phi) is 2.70. The Labute approximate surface area is 99.2 Å². The summed E-state index contributed by atoms with van der Waals surface area (Å²) in [5.74, 6) is -0.660. The fourth-order valence-corrected chi connectivity index (χ4v) is 2.07. The Hall–Kier alpha value is -1.01. The van der Waals surface area contributed by atoms with Crippen molar-refractivity contribution < 1.29 is 9.18 Å². The highest BCUT2D eigenvalue weighted by Gasteiger charge is 2.30. The minimum Gasteiger partial charge on any atom is -0.347 e. The monoisotopic (exact) mass is 288 g/mol. The molecule has 1 aromatic rings. The number of rotatable bonds is 1. The van der Waals surface area contributed by atoms with E-state index in [0.717, 1.165) is 0 Å². The van der Waals surface area contributed by atoms with Gasteiger partial charge in [0.2, 0.25) is 0 Å². The van der Waals surface area contributed by atoms with Gasteiger partial charge in [-0.25, -0.2) is 4.39 Å². The smallest absolute Gasteiger partial charge is 0.253 e. The zero-order valence-electron chi connectivity index (χ0n) is 7.38. The molecule has 1 aliphatic rings. The second-order valence-corrected chi connectivity index (χ2v) is 4.32. The quantitative estimate of drug-likeness (QED) is 0.772. The summed E-state index contributed by atoms with van der Waals surface area (Å²) in [6, 6.07) is 3.55. The molecule has 0 radical (unpaired) electrons. The van der Waals surface area contributed by atoms with Gasteiger partial charge in [0.05, 0.1) is 0 Å². The van der Waals surface area contributed by atoms with E-state index in [-0.39, 0.29) is 16.8 Å².